The first kappa shape index (κ1) is 17.6. The largest absolute Gasteiger partial charge is 0.365 e. The molecule has 1 aliphatic rings. The van der Waals surface area contributed by atoms with E-state index in [-0.39, 0.29) is 0 Å². The van der Waals surface area contributed by atoms with Gasteiger partial charge in [-0.1, -0.05) is 0 Å². The summed E-state index contributed by atoms with van der Waals surface area (Å²) in [5, 5.41) is 6.47. The lowest BCUT2D eigenvalue weighted by Gasteiger charge is -2.34. The number of nitrogens with zero attached hydrogens (tertiary/aromatic N) is 4. The summed E-state index contributed by atoms with van der Waals surface area (Å²) >= 11 is 0. The fourth-order valence-electron chi connectivity index (χ4n) is 2.10. The number of halogens is 4. The van der Waals surface area contributed by atoms with E-state index < -0.39 is 31.5 Å². The third-order valence-electron chi connectivity index (χ3n) is 3.40. The molecule has 2 heterocycles. The Hall–Kier alpha value is -1.75. The summed E-state index contributed by atoms with van der Waals surface area (Å²) in [6, 6.07) is 0. The lowest BCUT2D eigenvalue weighted by Crippen LogP contribution is -2.49. The van der Waals surface area contributed by atoms with Crippen LogP contribution in [0.5, 0.6) is 0 Å². The van der Waals surface area contributed by atoms with Gasteiger partial charge in [-0.3, -0.25) is 14.8 Å². The SMILES string of the molecule is O=C(COCC(F)(F)C(F)F)N1CCN(Cc2ncn[nH]2)CC1. The number of aromatic nitrogens is 3. The Labute approximate surface area is 129 Å². The van der Waals surface area contributed by atoms with Gasteiger partial charge in [-0.2, -0.15) is 13.9 Å². The summed E-state index contributed by atoms with van der Waals surface area (Å²) in [6.07, 6.45) is -2.40. The summed E-state index contributed by atoms with van der Waals surface area (Å²) < 4.78 is 53.6. The molecule has 1 amide bonds. The van der Waals surface area contributed by atoms with Crippen LogP contribution < -0.4 is 0 Å². The van der Waals surface area contributed by atoms with Gasteiger partial charge in [-0.15, -0.1) is 0 Å². The van der Waals surface area contributed by atoms with Gasteiger partial charge < -0.3 is 9.64 Å². The van der Waals surface area contributed by atoms with Gasteiger partial charge in [-0.05, 0) is 0 Å². The predicted molar refractivity (Wildman–Crippen MR) is 70.0 cm³/mol. The minimum atomic E-state index is -4.24. The zero-order chi connectivity index (χ0) is 16.9. The number of nitrogens with one attached hydrogen (secondary N) is 1. The maximum absolute atomic E-state index is 12.7. The maximum atomic E-state index is 12.7. The van der Waals surface area contributed by atoms with Gasteiger partial charge in [0.1, 0.15) is 25.4 Å². The van der Waals surface area contributed by atoms with Crippen molar-refractivity contribution in [3.63, 3.8) is 0 Å². The first-order valence-electron chi connectivity index (χ1n) is 6.96. The number of hydrogen-bond acceptors (Lipinski definition) is 5. The maximum Gasteiger partial charge on any atom is 0.330 e. The van der Waals surface area contributed by atoms with Crippen LogP contribution >= 0.6 is 0 Å². The van der Waals surface area contributed by atoms with Gasteiger partial charge >= 0.3 is 12.3 Å². The molecular weight excluding hydrogens is 322 g/mol. The number of hydrogen-bond donors (Lipinski definition) is 1. The highest BCUT2D eigenvalue weighted by Crippen LogP contribution is 2.22. The Bertz CT molecular complexity index is 492. The third kappa shape index (κ3) is 5.13. The average Bonchev–Trinajstić information content (AvgIpc) is 3.00. The number of carbonyl (C=O) groups is 1. The number of piperazine rings is 1. The molecule has 1 aromatic heterocycles. The van der Waals surface area contributed by atoms with Gasteiger partial charge in [0.15, 0.2) is 0 Å². The van der Waals surface area contributed by atoms with Crippen LogP contribution in [-0.4, -0.2) is 82.6 Å². The van der Waals surface area contributed by atoms with E-state index in [0.717, 1.165) is 0 Å². The van der Waals surface area contributed by atoms with Crippen molar-refractivity contribution in [2.45, 2.75) is 18.9 Å². The normalized spacial score (nSPS) is 17.0. The summed E-state index contributed by atoms with van der Waals surface area (Å²) in [6.45, 7) is 0.438. The van der Waals surface area contributed by atoms with Crippen molar-refractivity contribution in [3.8, 4) is 0 Å². The molecule has 0 unspecified atom stereocenters. The first-order valence-corrected chi connectivity index (χ1v) is 6.96. The minimum Gasteiger partial charge on any atom is -0.365 e. The van der Waals surface area contributed by atoms with Crippen LogP contribution in [-0.2, 0) is 16.1 Å². The van der Waals surface area contributed by atoms with Crippen molar-refractivity contribution in [3.05, 3.63) is 12.2 Å². The van der Waals surface area contributed by atoms with Crippen molar-refractivity contribution in [2.75, 3.05) is 39.4 Å². The Morgan fingerprint density at radius 1 is 1.35 bits per heavy atom. The second-order valence-electron chi connectivity index (χ2n) is 5.14. The zero-order valence-electron chi connectivity index (χ0n) is 12.2. The van der Waals surface area contributed by atoms with Gasteiger partial charge in [0, 0.05) is 26.2 Å². The molecule has 0 saturated carbocycles. The van der Waals surface area contributed by atoms with Gasteiger partial charge in [0.25, 0.3) is 0 Å². The smallest absolute Gasteiger partial charge is 0.330 e. The standard InChI is InChI=1S/C12H17F4N5O2/c13-11(14)12(15,16)7-23-6-10(22)21-3-1-20(2-4-21)5-9-17-8-18-19-9/h8,11H,1-7H2,(H,17,18,19). The van der Waals surface area contributed by atoms with Crippen molar-refractivity contribution in [1.82, 2.24) is 25.0 Å². The lowest BCUT2D eigenvalue weighted by molar-refractivity contribution is -0.171. The van der Waals surface area contributed by atoms with E-state index >= 15 is 0 Å². The summed E-state index contributed by atoms with van der Waals surface area (Å²) in [4.78, 5) is 19.3. The van der Waals surface area contributed by atoms with Crippen LogP contribution in [0.3, 0.4) is 0 Å². The van der Waals surface area contributed by atoms with Crippen LogP contribution in [0, 0.1) is 0 Å². The molecule has 0 aliphatic carbocycles. The summed E-state index contributed by atoms with van der Waals surface area (Å²) in [5.41, 5.74) is 0. The summed E-state index contributed by atoms with van der Waals surface area (Å²) in [7, 11) is 0. The molecule has 0 bridgehead atoms. The van der Waals surface area contributed by atoms with E-state index in [1.165, 1.54) is 11.2 Å². The van der Waals surface area contributed by atoms with Crippen molar-refractivity contribution < 1.29 is 27.1 Å². The fraction of sp³-hybridized carbons (Fsp3) is 0.750. The second kappa shape index (κ2) is 7.68. The predicted octanol–water partition coefficient (Wildman–Crippen LogP) is 0.366. The molecule has 1 N–H and O–H groups in total. The van der Waals surface area contributed by atoms with E-state index in [1.54, 1.807) is 0 Å². The van der Waals surface area contributed by atoms with Crippen LogP contribution in [0.1, 0.15) is 5.82 Å². The number of carbonyl (C=O) groups excluding carboxylic acids is 1. The molecule has 1 aromatic rings. The highest BCUT2D eigenvalue weighted by Gasteiger charge is 2.41. The lowest BCUT2D eigenvalue weighted by atomic mass is 10.3. The van der Waals surface area contributed by atoms with Crippen LogP contribution in [0.25, 0.3) is 0 Å². The monoisotopic (exact) mass is 339 g/mol. The topological polar surface area (TPSA) is 74.3 Å². The molecule has 0 atom stereocenters. The third-order valence-corrected chi connectivity index (χ3v) is 3.40. The fourth-order valence-corrected chi connectivity index (χ4v) is 2.10. The molecule has 0 aromatic carbocycles. The van der Waals surface area contributed by atoms with Crippen LogP contribution in [0.2, 0.25) is 0 Å². The molecule has 23 heavy (non-hydrogen) atoms. The molecule has 1 saturated heterocycles. The highest BCUT2D eigenvalue weighted by molar-refractivity contribution is 5.77. The quantitative estimate of drug-likeness (QED) is 0.727. The van der Waals surface area contributed by atoms with Crippen LogP contribution in [0.4, 0.5) is 17.6 Å². The van der Waals surface area contributed by atoms with Crippen molar-refractivity contribution in [1.29, 1.82) is 0 Å². The van der Waals surface area contributed by atoms with Gasteiger partial charge in [0.2, 0.25) is 5.91 Å². The van der Waals surface area contributed by atoms with E-state index in [9.17, 15) is 22.4 Å². The van der Waals surface area contributed by atoms with E-state index in [0.29, 0.717) is 38.5 Å². The Morgan fingerprint density at radius 3 is 2.61 bits per heavy atom. The van der Waals surface area contributed by atoms with Crippen molar-refractivity contribution in [2.24, 2.45) is 0 Å². The molecular formula is C12H17F4N5O2. The molecule has 0 spiro atoms. The highest BCUT2D eigenvalue weighted by atomic mass is 19.3. The van der Waals surface area contributed by atoms with Gasteiger partial charge in [0.05, 0.1) is 6.54 Å². The van der Waals surface area contributed by atoms with E-state index in [1.807, 2.05) is 0 Å². The van der Waals surface area contributed by atoms with Crippen LogP contribution in [0.15, 0.2) is 6.33 Å². The van der Waals surface area contributed by atoms with Crippen molar-refractivity contribution >= 4 is 5.91 Å². The minimum absolute atomic E-state index is 0.404. The molecule has 1 aliphatic heterocycles. The van der Waals surface area contributed by atoms with E-state index in [2.05, 4.69) is 24.8 Å². The number of ether oxygens (including phenoxy) is 1. The first-order chi connectivity index (χ1) is 10.9. The number of alkyl halides is 4. The summed E-state index contributed by atoms with van der Waals surface area (Å²) in [5.74, 6) is -4.02. The zero-order valence-corrected chi connectivity index (χ0v) is 12.2. The second-order valence-corrected chi connectivity index (χ2v) is 5.14. The Balaban J connectivity index is 1.67. The van der Waals surface area contributed by atoms with Gasteiger partial charge in [-0.25, -0.2) is 13.8 Å². The number of amides is 1. The number of rotatable bonds is 7. The Kier molecular flexibility index (Phi) is 5.88. The number of aromatic amines is 1. The molecule has 7 nitrogen and oxygen atoms in total. The molecule has 11 heteroatoms. The molecule has 2 rings (SSSR count). The molecule has 0 radical (unpaired) electrons. The average molecular weight is 339 g/mol. The Morgan fingerprint density at radius 2 is 2.04 bits per heavy atom. The molecule has 1 fully saturated rings. The molecule has 130 valence electrons. The number of H-pyrrole nitrogens is 1. The van der Waals surface area contributed by atoms with E-state index in [4.69, 9.17) is 0 Å².